The van der Waals surface area contributed by atoms with Crippen LogP contribution in [0.25, 0.3) is 0 Å². The number of benzene rings is 1. The highest BCUT2D eigenvalue weighted by atomic mass is 16.3. The van der Waals surface area contributed by atoms with Gasteiger partial charge in [-0.15, -0.1) is 0 Å². The molecule has 2 atom stereocenters. The van der Waals surface area contributed by atoms with E-state index in [0.29, 0.717) is 18.7 Å². The second-order valence-electron chi connectivity index (χ2n) is 6.57. The highest BCUT2D eigenvalue weighted by Crippen LogP contribution is 2.28. The third-order valence-corrected chi connectivity index (χ3v) is 4.91. The van der Waals surface area contributed by atoms with E-state index in [2.05, 4.69) is 5.32 Å². The zero-order valence-electron chi connectivity index (χ0n) is 13.3. The summed E-state index contributed by atoms with van der Waals surface area (Å²) in [7, 11) is 0. The zero-order chi connectivity index (χ0) is 16.2. The normalized spacial score (nSPS) is 23.0. The Bertz CT molecular complexity index is 555. The Morgan fingerprint density at radius 3 is 2.52 bits per heavy atom. The molecule has 5 heteroatoms. The van der Waals surface area contributed by atoms with Gasteiger partial charge in [-0.1, -0.05) is 43.2 Å². The van der Waals surface area contributed by atoms with E-state index in [1.165, 1.54) is 0 Å². The van der Waals surface area contributed by atoms with Gasteiger partial charge >= 0.3 is 0 Å². The monoisotopic (exact) mass is 316 g/mol. The molecule has 2 aliphatic rings. The molecule has 2 amide bonds. The molecule has 1 heterocycles. The van der Waals surface area contributed by atoms with E-state index in [1.54, 1.807) is 24.3 Å². The van der Waals surface area contributed by atoms with E-state index in [-0.39, 0.29) is 17.9 Å². The van der Waals surface area contributed by atoms with Gasteiger partial charge in [0.2, 0.25) is 5.91 Å². The van der Waals surface area contributed by atoms with E-state index in [4.69, 9.17) is 0 Å². The van der Waals surface area contributed by atoms with Crippen molar-refractivity contribution >= 4 is 11.8 Å². The van der Waals surface area contributed by atoms with E-state index < -0.39 is 12.0 Å². The number of carbonyl (C=O) groups excluding carboxylic acids is 2. The van der Waals surface area contributed by atoms with E-state index in [1.807, 2.05) is 11.0 Å². The summed E-state index contributed by atoms with van der Waals surface area (Å²) in [5, 5.41) is 13.0. The Labute approximate surface area is 136 Å². The van der Waals surface area contributed by atoms with Crippen molar-refractivity contribution in [2.75, 3.05) is 13.1 Å². The van der Waals surface area contributed by atoms with Crippen molar-refractivity contribution < 1.29 is 14.7 Å². The van der Waals surface area contributed by atoms with Gasteiger partial charge in [0.05, 0.1) is 0 Å². The first-order valence-electron chi connectivity index (χ1n) is 8.47. The maximum atomic E-state index is 12.4. The molecule has 0 spiro atoms. The maximum Gasteiger partial charge on any atom is 0.253 e. The first kappa shape index (κ1) is 16.0. The lowest BCUT2D eigenvalue weighted by atomic mass is 10.1. The highest BCUT2D eigenvalue weighted by Gasteiger charge is 2.33. The zero-order valence-corrected chi connectivity index (χ0v) is 13.3. The van der Waals surface area contributed by atoms with Gasteiger partial charge in [0.15, 0.2) is 6.10 Å². The summed E-state index contributed by atoms with van der Waals surface area (Å²) in [4.78, 5) is 26.4. The van der Waals surface area contributed by atoms with Crippen molar-refractivity contribution in [2.24, 2.45) is 5.92 Å². The van der Waals surface area contributed by atoms with Crippen LogP contribution < -0.4 is 5.32 Å². The molecule has 0 unspecified atom stereocenters. The summed E-state index contributed by atoms with van der Waals surface area (Å²) < 4.78 is 0. The minimum atomic E-state index is -1.16. The molecule has 3 rings (SSSR count). The summed E-state index contributed by atoms with van der Waals surface area (Å²) in [6, 6.07) is 8.83. The van der Waals surface area contributed by atoms with Crippen molar-refractivity contribution in [3.8, 4) is 0 Å². The fraction of sp³-hybridized carbons (Fsp3) is 0.556. The molecule has 1 aliphatic heterocycles. The van der Waals surface area contributed by atoms with Gasteiger partial charge in [-0.2, -0.15) is 0 Å². The molecular formula is C18H24N2O3. The summed E-state index contributed by atoms with van der Waals surface area (Å²) in [6.07, 6.45) is 3.89. The Kier molecular flexibility index (Phi) is 4.96. The number of amides is 2. The van der Waals surface area contributed by atoms with Crippen molar-refractivity contribution in [2.45, 2.75) is 44.2 Å². The fourth-order valence-electron chi connectivity index (χ4n) is 3.58. The van der Waals surface area contributed by atoms with Crippen LogP contribution in [0.1, 0.15) is 43.8 Å². The largest absolute Gasteiger partial charge is 0.378 e. The number of rotatable bonds is 4. The van der Waals surface area contributed by atoms with Gasteiger partial charge < -0.3 is 15.3 Å². The topological polar surface area (TPSA) is 69.6 Å². The van der Waals surface area contributed by atoms with Crippen molar-refractivity contribution in [3.63, 3.8) is 0 Å². The lowest BCUT2D eigenvalue weighted by Crippen LogP contribution is -2.41. The second kappa shape index (κ2) is 7.13. The first-order chi connectivity index (χ1) is 11.1. The molecule has 1 saturated heterocycles. The van der Waals surface area contributed by atoms with Crippen LogP contribution in [0.15, 0.2) is 30.3 Å². The number of hydrogen-bond donors (Lipinski definition) is 2. The van der Waals surface area contributed by atoms with Gasteiger partial charge in [-0.25, -0.2) is 0 Å². The Morgan fingerprint density at radius 1 is 1.13 bits per heavy atom. The number of carbonyl (C=O) groups is 2. The van der Waals surface area contributed by atoms with Gasteiger partial charge in [-0.3, -0.25) is 9.59 Å². The van der Waals surface area contributed by atoms with Crippen LogP contribution in [-0.2, 0) is 9.59 Å². The van der Waals surface area contributed by atoms with Crippen molar-refractivity contribution in [3.05, 3.63) is 35.9 Å². The number of aliphatic hydroxyl groups excluding tert-OH is 1. The minimum Gasteiger partial charge on any atom is -0.378 e. The molecular weight excluding hydrogens is 292 g/mol. The van der Waals surface area contributed by atoms with Crippen LogP contribution >= 0.6 is 0 Å². The lowest BCUT2D eigenvalue weighted by Gasteiger charge is -2.21. The van der Waals surface area contributed by atoms with Crippen LogP contribution in [0.2, 0.25) is 0 Å². The first-order valence-corrected chi connectivity index (χ1v) is 8.47. The smallest absolute Gasteiger partial charge is 0.253 e. The third kappa shape index (κ3) is 3.72. The van der Waals surface area contributed by atoms with E-state index in [0.717, 1.165) is 32.1 Å². The number of hydrogen-bond acceptors (Lipinski definition) is 3. The van der Waals surface area contributed by atoms with Gasteiger partial charge in [0, 0.05) is 25.0 Å². The van der Waals surface area contributed by atoms with Crippen LogP contribution in [0.3, 0.4) is 0 Å². The predicted molar refractivity (Wildman–Crippen MR) is 86.5 cm³/mol. The Balaban J connectivity index is 1.51. The summed E-state index contributed by atoms with van der Waals surface area (Å²) >= 11 is 0. The SMILES string of the molecule is O=C(N[C@@H]1CCN(C(=O)C2CCCC2)C1)[C@@H](O)c1ccccc1. The molecule has 0 bridgehead atoms. The van der Waals surface area contributed by atoms with Crippen LogP contribution in [0.5, 0.6) is 0 Å². The highest BCUT2D eigenvalue weighted by molar-refractivity contribution is 5.83. The molecule has 23 heavy (non-hydrogen) atoms. The summed E-state index contributed by atoms with van der Waals surface area (Å²) in [6.45, 7) is 1.25. The maximum absolute atomic E-state index is 12.4. The number of nitrogens with zero attached hydrogens (tertiary/aromatic N) is 1. The van der Waals surface area contributed by atoms with Gasteiger partial charge in [0.1, 0.15) is 0 Å². The average molecular weight is 316 g/mol. The molecule has 2 fully saturated rings. The molecule has 2 N–H and O–H groups in total. The average Bonchev–Trinajstić information content (AvgIpc) is 3.26. The molecule has 1 aromatic carbocycles. The number of likely N-dealkylation sites (tertiary alicyclic amines) is 1. The van der Waals surface area contributed by atoms with Crippen LogP contribution in [-0.4, -0.2) is 41.0 Å². The number of aliphatic hydroxyl groups is 1. The second-order valence-corrected chi connectivity index (χ2v) is 6.57. The standard InChI is InChI=1S/C18H24N2O3/c21-16(13-6-2-1-3-7-13)17(22)19-15-10-11-20(12-15)18(23)14-8-4-5-9-14/h1-3,6-7,14-16,21H,4-5,8-12H2,(H,19,22)/t15-,16+/m1/s1. The van der Waals surface area contributed by atoms with Gasteiger partial charge in [0.25, 0.3) is 5.91 Å². The third-order valence-electron chi connectivity index (χ3n) is 4.91. The Hall–Kier alpha value is -1.88. The quantitative estimate of drug-likeness (QED) is 0.887. The molecule has 5 nitrogen and oxygen atoms in total. The lowest BCUT2D eigenvalue weighted by molar-refractivity contribution is -0.135. The van der Waals surface area contributed by atoms with Crippen LogP contribution in [0, 0.1) is 5.92 Å². The molecule has 0 radical (unpaired) electrons. The summed E-state index contributed by atoms with van der Waals surface area (Å²) in [5.74, 6) is 0.0265. The predicted octanol–water partition coefficient (Wildman–Crippen LogP) is 1.63. The fourth-order valence-corrected chi connectivity index (χ4v) is 3.58. The van der Waals surface area contributed by atoms with E-state index >= 15 is 0 Å². The molecule has 1 aromatic rings. The molecule has 124 valence electrons. The number of nitrogens with one attached hydrogen (secondary N) is 1. The summed E-state index contributed by atoms with van der Waals surface area (Å²) in [5.41, 5.74) is 0.585. The van der Waals surface area contributed by atoms with E-state index in [9.17, 15) is 14.7 Å². The molecule has 0 aromatic heterocycles. The minimum absolute atomic E-state index is 0.0637. The molecule has 1 aliphatic carbocycles. The van der Waals surface area contributed by atoms with Gasteiger partial charge in [-0.05, 0) is 24.8 Å². The van der Waals surface area contributed by atoms with Crippen molar-refractivity contribution in [1.82, 2.24) is 10.2 Å². The Morgan fingerprint density at radius 2 is 1.83 bits per heavy atom. The van der Waals surface area contributed by atoms with Crippen LogP contribution in [0.4, 0.5) is 0 Å². The van der Waals surface area contributed by atoms with Crippen molar-refractivity contribution in [1.29, 1.82) is 0 Å². The molecule has 1 saturated carbocycles.